The van der Waals surface area contributed by atoms with E-state index in [0.717, 1.165) is 11.5 Å². The lowest BCUT2D eigenvalue weighted by Crippen LogP contribution is -2.35. The highest BCUT2D eigenvalue weighted by atomic mass is 19.4. The van der Waals surface area contributed by atoms with Crippen molar-refractivity contribution in [3.63, 3.8) is 0 Å². The molecule has 136 valence electrons. The Morgan fingerprint density at radius 3 is 2.44 bits per heavy atom. The van der Waals surface area contributed by atoms with E-state index in [1.54, 1.807) is 18.2 Å². The first kappa shape index (κ1) is 18.8. The van der Waals surface area contributed by atoms with Crippen LogP contribution in [0.25, 0.3) is 11.5 Å². The molecule has 0 saturated heterocycles. The van der Waals surface area contributed by atoms with Crippen LogP contribution in [-0.4, -0.2) is 60.3 Å². The van der Waals surface area contributed by atoms with Gasteiger partial charge < -0.3 is 14.3 Å². The summed E-state index contributed by atoms with van der Waals surface area (Å²) in [6.07, 6.45) is -5.58. The highest BCUT2D eigenvalue weighted by Gasteiger charge is 2.30. The molecule has 0 N–H and O–H groups in total. The van der Waals surface area contributed by atoms with Gasteiger partial charge in [-0.25, -0.2) is 4.99 Å². The number of guanidine groups is 1. The molecule has 0 aliphatic heterocycles. The van der Waals surface area contributed by atoms with Gasteiger partial charge in [-0.15, -0.1) is 0 Å². The molecule has 0 fully saturated rings. The molecule has 1 heterocycles. The number of hydrogen-bond donors (Lipinski definition) is 0. The molecule has 0 saturated carbocycles. The summed E-state index contributed by atoms with van der Waals surface area (Å²) in [6.45, 7) is 0.420. The molecule has 0 amide bonds. The number of rotatable bonds is 4. The Balaban J connectivity index is 2.18. The highest BCUT2D eigenvalue weighted by Crippen LogP contribution is 2.23. The summed E-state index contributed by atoms with van der Waals surface area (Å²) in [5.41, 5.74) is 1.44. The first-order chi connectivity index (χ1) is 11.7. The minimum atomic E-state index is -4.37. The second-order valence-corrected chi connectivity index (χ2v) is 5.91. The third kappa shape index (κ3) is 5.47. The van der Waals surface area contributed by atoms with E-state index in [1.807, 2.05) is 44.1 Å². The van der Waals surface area contributed by atoms with Gasteiger partial charge in [-0.2, -0.15) is 18.2 Å². The van der Waals surface area contributed by atoms with Crippen LogP contribution in [0.15, 0.2) is 33.8 Å². The SMILES string of the molecule is CN(C)C(=NCc1cccc(-c2nc(CC(F)(F)F)no2)c1)N(C)C. The quantitative estimate of drug-likeness (QED) is 0.624. The molecule has 0 bridgehead atoms. The maximum Gasteiger partial charge on any atom is 0.396 e. The van der Waals surface area contributed by atoms with Gasteiger partial charge in [-0.05, 0) is 17.7 Å². The van der Waals surface area contributed by atoms with Crippen LogP contribution in [0.1, 0.15) is 11.4 Å². The predicted octanol–water partition coefficient (Wildman–Crippen LogP) is 2.82. The van der Waals surface area contributed by atoms with Gasteiger partial charge in [0.15, 0.2) is 11.8 Å². The van der Waals surface area contributed by atoms with Crippen molar-refractivity contribution >= 4 is 5.96 Å². The van der Waals surface area contributed by atoms with E-state index in [2.05, 4.69) is 15.1 Å². The fourth-order valence-electron chi connectivity index (χ4n) is 2.27. The lowest BCUT2D eigenvalue weighted by molar-refractivity contribution is -0.128. The summed E-state index contributed by atoms with van der Waals surface area (Å²) in [5.74, 6) is 0.481. The fourth-order valence-corrected chi connectivity index (χ4v) is 2.27. The van der Waals surface area contributed by atoms with E-state index < -0.39 is 12.6 Å². The normalized spacial score (nSPS) is 11.3. The van der Waals surface area contributed by atoms with Crippen molar-refractivity contribution in [3.05, 3.63) is 35.7 Å². The van der Waals surface area contributed by atoms with Crippen molar-refractivity contribution in [2.24, 2.45) is 4.99 Å². The zero-order chi connectivity index (χ0) is 18.6. The van der Waals surface area contributed by atoms with Crippen LogP contribution in [0.5, 0.6) is 0 Å². The average Bonchev–Trinajstić information content (AvgIpc) is 2.93. The number of nitrogens with zero attached hydrogens (tertiary/aromatic N) is 5. The van der Waals surface area contributed by atoms with Crippen LogP contribution < -0.4 is 0 Å². The molecule has 6 nitrogen and oxygen atoms in total. The largest absolute Gasteiger partial charge is 0.396 e. The van der Waals surface area contributed by atoms with Crippen LogP contribution in [0.3, 0.4) is 0 Å². The lowest BCUT2D eigenvalue weighted by Gasteiger charge is -2.22. The first-order valence-electron chi connectivity index (χ1n) is 7.53. The summed E-state index contributed by atoms with van der Waals surface area (Å²) in [6, 6.07) is 7.13. The van der Waals surface area contributed by atoms with Gasteiger partial charge in [-0.1, -0.05) is 17.3 Å². The Morgan fingerprint density at radius 1 is 1.16 bits per heavy atom. The third-order valence-corrected chi connectivity index (χ3v) is 3.20. The van der Waals surface area contributed by atoms with E-state index in [9.17, 15) is 13.2 Å². The summed E-state index contributed by atoms with van der Waals surface area (Å²) in [7, 11) is 7.59. The lowest BCUT2D eigenvalue weighted by atomic mass is 10.1. The predicted molar refractivity (Wildman–Crippen MR) is 88.0 cm³/mol. The van der Waals surface area contributed by atoms with Crippen molar-refractivity contribution < 1.29 is 17.7 Å². The Kier molecular flexibility index (Phi) is 5.66. The number of benzene rings is 1. The molecule has 0 unspecified atom stereocenters. The number of halogens is 3. The maximum atomic E-state index is 12.4. The van der Waals surface area contributed by atoms with Crippen molar-refractivity contribution in [2.75, 3.05) is 28.2 Å². The van der Waals surface area contributed by atoms with Crippen molar-refractivity contribution in [1.82, 2.24) is 19.9 Å². The van der Waals surface area contributed by atoms with E-state index in [-0.39, 0.29) is 11.7 Å². The van der Waals surface area contributed by atoms with Crippen molar-refractivity contribution in [2.45, 2.75) is 19.1 Å². The van der Waals surface area contributed by atoms with Crippen LogP contribution in [0.4, 0.5) is 13.2 Å². The molecule has 9 heteroatoms. The molecule has 2 rings (SSSR count). The average molecular weight is 355 g/mol. The molecule has 0 atom stereocenters. The molecular weight excluding hydrogens is 335 g/mol. The monoisotopic (exact) mass is 355 g/mol. The topological polar surface area (TPSA) is 57.8 Å². The Bertz CT molecular complexity index is 727. The third-order valence-electron chi connectivity index (χ3n) is 3.20. The minimum absolute atomic E-state index is 0.0607. The zero-order valence-corrected chi connectivity index (χ0v) is 14.5. The summed E-state index contributed by atoms with van der Waals surface area (Å²) >= 11 is 0. The number of aliphatic imine (C=N–C) groups is 1. The van der Waals surface area contributed by atoms with Gasteiger partial charge in [0.25, 0.3) is 5.89 Å². The van der Waals surface area contributed by atoms with Gasteiger partial charge in [0.1, 0.15) is 6.42 Å². The first-order valence-corrected chi connectivity index (χ1v) is 7.53. The Labute approximate surface area is 144 Å². The Morgan fingerprint density at radius 2 is 1.84 bits per heavy atom. The minimum Gasteiger partial charge on any atom is -0.349 e. The smallest absolute Gasteiger partial charge is 0.349 e. The number of hydrogen-bond acceptors (Lipinski definition) is 4. The summed E-state index contributed by atoms with van der Waals surface area (Å²) in [4.78, 5) is 12.1. The van der Waals surface area contributed by atoms with Crippen molar-refractivity contribution in [1.29, 1.82) is 0 Å². The standard InChI is InChI=1S/C16H20F3N5O/c1-23(2)15(24(3)4)20-10-11-6-5-7-12(8-11)14-21-13(22-25-14)9-16(17,18)19/h5-8H,9-10H2,1-4H3. The van der Waals surface area contributed by atoms with Crippen LogP contribution in [0, 0.1) is 0 Å². The van der Waals surface area contributed by atoms with Gasteiger partial charge in [0, 0.05) is 33.8 Å². The number of alkyl halides is 3. The fraction of sp³-hybridized carbons (Fsp3) is 0.438. The molecule has 1 aromatic carbocycles. The number of aromatic nitrogens is 2. The second kappa shape index (κ2) is 7.54. The molecule has 0 radical (unpaired) electrons. The van der Waals surface area contributed by atoms with E-state index >= 15 is 0 Å². The Hall–Kier alpha value is -2.58. The van der Waals surface area contributed by atoms with Crippen LogP contribution in [0.2, 0.25) is 0 Å². The van der Waals surface area contributed by atoms with E-state index in [4.69, 9.17) is 4.52 Å². The highest BCUT2D eigenvalue weighted by molar-refractivity contribution is 5.79. The molecule has 0 spiro atoms. The maximum absolute atomic E-state index is 12.4. The van der Waals surface area contributed by atoms with Crippen LogP contribution in [-0.2, 0) is 13.0 Å². The van der Waals surface area contributed by atoms with Gasteiger partial charge in [0.2, 0.25) is 0 Å². The van der Waals surface area contributed by atoms with Gasteiger partial charge >= 0.3 is 6.18 Å². The summed E-state index contributed by atoms with van der Waals surface area (Å²) < 4.78 is 42.1. The van der Waals surface area contributed by atoms with Crippen molar-refractivity contribution in [3.8, 4) is 11.5 Å². The van der Waals surface area contributed by atoms with E-state index in [1.165, 1.54) is 0 Å². The molecule has 2 aromatic rings. The summed E-state index contributed by atoms with van der Waals surface area (Å²) in [5, 5.41) is 3.38. The molecule has 25 heavy (non-hydrogen) atoms. The van der Waals surface area contributed by atoms with Crippen LogP contribution >= 0.6 is 0 Å². The molecule has 0 aliphatic rings. The van der Waals surface area contributed by atoms with Gasteiger partial charge in [0.05, 0.1) is 6.54 Å². The molecular formula is C16H20F3N5O. The molecule has 0 aliphatic carbocycles. The molecule has 1 aromatic heterocycles. The van der Waals surface area contributed by atoms with E-state index in [0.29, 0.717) is 12.1 Å². The second-order valence-electron chi connectivity index (χ2n) is 5.91. The van der Waals surface area contributed by atoms with Gasteiger partial charge in [-0.3, -0.25) is 0 Å². The zero-order valence-electron chi connectivity index (χ0n) is 14.5.